The minimum absolute atomic E-state index is 0.0437. The van der Waals surface area contributed by atoms with E-state index in [0.717, 1.165) is 24.9 Å². The van der Waals surface area contributed by atoms with Crippen molar-refractivity contribution in [3.05, 3.63) is 35.9 Å². The van der Waals surface area contributed by atoms with Crippen molar-refractivity contribution in [2.24, 2.45) is 5.41 Å². The van der Waals surface area contributed by atoms with E-state index < -0.39 is 11.5 Å². The highest BCUT2D eigenvalue weighted by Gasteiger charge is 2.30. The maximum Gasteiger partial charge on any atom is 0.225 e. The van der Waals surface area contributed by atoms with E-state index in [9.17, 15) is 14.7 Å². The summed E-state index contributed by atoms with van der Waals surface area (Å²) in [6, 6.07) is 9.64. The molecule has 1 saturated heterocycles. The largest absolute Gasteiger partial charge is 0.388 e. The van der Waals surface area contributed by atoms with Crippen LogP contribution in [0.4, 0.5) is 0 Å². The summed E-state index contributed by atoms with van der Waals surface area (Å²) in [7, 11) is 0. The first kappa shape index (κ1) is 19.4. The van der Waals surface area contributed by atoms with E-state index in [-0.39, 0.29) is 17.9 Å². The molecule has 2 amide bonds. The number of carbonyl (C=O) groups is 2. The molecule has 1 heterocycles. The number of amides is 2. The number of nitrogens with zero attached hydrogens (tertiary/aromatic N) is 1. The Bertz CT molecular complexity index is 580. The van der Waals surface area contributed by atoms with Gasteiger partial charge in [-0.05, 0) is 24.8 Å². The zero-order valence-corrected chi connectivity index (χ0v) is 15.5. The Labute approximate surface area is 150 Å². The van der Waals surface area contributed by atoms with E-state index in [1.54, 1.807) is 0 Å². The number of aliphatic hydroxyl groups is 1. The summed E-state index contributed by atoms with van der Waals surface area (Å²) < 4.78 is 0. The standard InChI is InChI=1S/C20H30N2O3/c1-20(2,3)19(25)21-12-11-18(24)22-13-7-10-16(22)14-17(23)15-8-5-4-6-9-15/h4-6,8-9,16-17,23H,7,10-14H2,1-3H3,(H,21,25). The summed E-state index contributed by atoms with van der Waals surface area (Å²) in [5.41, 5.74) is 0.443. The molecule has 2 atom stereocenters. The fourth-order valence-corrected chi connectivity index (χ4v) is 3.17. The quantitative estimate of drug-likeness (QED) is 0.832. The van der Waals surface area contributed by atoms with Crippen LogP contribution in [0.3, 0.4) is 0 Å². The smallest absolute Gasteiger partial charge is 0.225 e. The number of nitrogens with one attached hydrogen (secondary N) is 1. The number of benzene rings is 1. The number of carbonyl (C=O) groups excluding carboxylic acids is 2. The molecular formula is C20H30N2O3. The maximum absolute atomic E-state index is 12.5. The van der Waals surface area contributed by atoms with Crippen molar-refractivity contribution in [3.8, 4) is 0 Å². The van der Waals surface area contributed by atoms with Gasteiger partial charge in [-0.1, -0.05) is 51.1 Å². The molecule has 0 spiro atoms. The van der Waals surface area contributed by atoms with Gasteiger partial charge >= 0.3 is 0 Å². The first-order valence-electron chi connectivity index (χ1n) is 9.10. The Balaban J connectivity index is 1.84. The molecule has 0 radical (unpaired) electrons. The maximum atomic E-state index is 12.5. The molecule has 1 aromatic carbocycles. The van der Waals surface area contributed by atoms with E-state index in [4.69, 9.17) is 0 Å². The monoisotopic (exact) mass is 346 g/mol. The van der Waals surface area contributed by atoms with Crippen molar-refractivity contribution in [1.29, 1.82) is 0 Å². The lowest BCUT2D eigenvalue weighted by molar-refractivity contribution is -0.132. The van der Waals surface area contributed by atoms with Crippen LogP contribution in [-0.2, 0) is 9.59 Å². The van der Waals surface area contributed by atoms with E-state index in [2.05, 4.69) is 5.32 Å². The minimum Gasteiger partial charge on any atom is -0.388 e. The first-order chi connectivity index (χ1) is 11.8. The molecule has 5 heteroatoms. The number of hydrogen-bond donors (Lipinski definition) is 2. The van der Waals surface area contributed by atoms with Gasteiger partial charge < -0.3 is 15.3 Å². The van der Waals surface area contributed by atoms with E-state index in [1.807, 2.05) is 56.0 Å². The molecule has 1 aromatic rings. The molecule has 0 saturated carbocycles. The first-order valence-corrected chi connectivity index (χ1v) is 9.10. The lowest BCUT2D eigenvalue weighted by Crippen LogP contribution is -2.40. The van der Waals surface area contributed by atoms with E-state index in [1.165, 1.54) is 0 Å². The van der Waals surface area contributed by atoms with Gasteiger partial charge in [0.1, 0.15) is 0 Å². The van der Waals surface area contributed by atoms with E-state index >= 15 is 0 Å². The Hall–Kier alpha value is -1.88. The number of aliphatic hydroxyl groups excluding tert-OH is 1. The van der Waals surface area contributed by atoms with Gasteiger partial charge in [-0.15, -0.1) is 0 Å². The Kier molecular flexibility index (Phi) is 6.59. The SMILES string of the molecule is CC(C)(C)C(=O)NCCC(=O)N1CCCC1CC(O)c1ccccc1. The van der Waals surface area contributed by atoms with Crippen LogP contribution in [0.5, 0.6) is 0 Å². The lowest BCUT2D eigenvalue weighted by Gasteiger charge is -2.27. The summed E-state index contributed by atoms with van der Waals surface area (Å²) in [5.74, 6) is 0.00902. The van der Waals surface area contributed by atoms with Gasteiger partial charge in [-0.2, -0.15) is 0 Å². The van der Waals surface area contributed by atoms with Crippen LogP contribution in [0.1, 0.15) is 58.1 Å². The van der Waals surface area contributed by atoms with Crippen molar-refractivity contribution in [3.63, 3.8) is 0 Å². The fraction of sp³-hybridized carbons (Fsp3) is 0.600. The molecule has 2 unspecified atom stereocenters. The molecule has 0 bridgehead atoms. The molecule has 25 heavy (non-hydrogen) atoms. The van der Waals surface area contributed by atoms with Gasteiger partial charge in [0.05, 0.1) is 6.10 Å². The third kappa shape index (κ3) is 5.56. The second-order valence-electron chi connectivity index (χ2n) is 7.80. The van der Waals surface area contributed by atoms with Crippen molar-refractivity contribution in [2.45, 2.75) is 58.6 Å². The van der Waals surface area contributed by atoms with Crippen LogP contribution in [0.2, 0.25) is 0 Å². The number of likely N-dealkylation sites (tertiary alicyclic amines) is 1. The van der Waals surface area contributed by atoms with Gasteiger partial charge in [0, 0.05) is 31.0 Å². The normalized spacial score (nSPS) is 18.9. The van der Waals surface area contributed by atoms with Crippen molar-refractivity contribution < 1.29 is 14.7 Å². The van der Waals surface area contributed by atoms with Gasteiger partial charge in [0.25, 0.3) is 0 Å². The average Bonchev–Trinajstić information content (AvgIpc) is 3.02. The lowest BCUT2D eigenvalue weighted by atomic mass is 9.96. The molecule has 2 N–H and O–H groups in total. The van der Waals surface area contributed by atoms with Gasteiger partial charge in [0.2, 0.25) is 11.8 Å². The third-order valence-corrected chi connectivity index (χ3v) is 4.68. The number of hydrogen-bond acceptors (Lipinski definition) is 3. The average molecular weight is 346 g/mol. The Morgan fingerprint density at radius 2 is 1.96 bits per heavy atom. The molecule has 0 aromatic heterocycles. The molecule has 1 fully saturated rings. The number of rotatable bonds is 6. The van der Waals surface area contributed by atoms with Crippen LogP contribution in [0.25, 0.3) is 0 Å². The minimum atomic E-state index is -0.555. The zero-order valence-electron chi connectivity index (χ0n) is 15.5. The second kappa shape index (κ2) is 8.48. The third-order valence-electron chi connectivity index (χ3n) is 4.68. The van der Waals surface area contributed by atoms with Gasteiger partial charge in [0.15, 0.2) is 0 Å². The fourth-order valence-electron chi connectivity index (χ4n) is 3.17. The predicted molar refractivity (Wildman–Crippen MR) is 97.8 cm³/mol. The summed E-state index contributed by atoms with van der Waals surface area (Å²) >= 11 is 0. The summed E-state index contributed by atoms with van der Waals surface area (Å²) in [4.78, 5) is 26.2. The van der Waals surface area contributed by atoms with Gasteiger partial charge in [-0.25, -0.2) is 0 Å². The highest BCUT2D eigenvalue weighted by Crippen LogP contribution is 2.27. The van der Waals surface area contributed by atoms with E-state index in [0.29, 0.717) is 19.4 Å². The molecular weight excluding hydrogens is 316 g/mol. The van der Waals surface area contributed by atoms with Crippen LogP contribution >= 0.6 is 0 Å². The van der Waals surface area contributed by atoms with Crippen LogP contribution < -0.4 is 5.32 Å². The summed E-state index contributed by atoms with van der Waals surface area (Å²) in [5, 5.41) is 13.2. The molecule has 138 valence electrons. The Morgan fingerprint density at radius 3 is 2.60 bits per heavy atom. The Morgan fingerprint density at radius 1 is 1.28 bits per heavy atom. The van der Waals surface area contributed by atoms with Crippen LogP contribution in [0, 0.1) is 5.41 Å². The van der Waals surface area contributed by atoms with Gasteiger partial charge in [-0.3, -0.25) is 9.59 Å². The molecule has 2 rings (SSSR count). The second-order valence-corrected chi connectivity index (χ2v) is 7.80. The molecule has 5 nitrogen and oxygen atoms in total. The zero-order chi connectivity index (χ0) is 18.4. The van der Waals surface area contributed by atoms with Crippen molar-refractivity contribution in [2.75, 3.05) is 13.1 Å². The highest BCUT2D eigenvalue weighted by molar-refractivity contribution is 5.82. The summed E-state index contributed by atoms with van der Waals surface area (Å²) in [6.45, 7) is 6.65. The predicted octanol–water partition coefficient (Wildman–Crippen LogP) is 2.65. The van der Waals surface area contributed by atoms with Crippen LogP contribution in [-0.4, -0.2) is 41.0 Å². The molecule has 0 aliphatic carbocycles. The van der Waals surface area contributed by atoms with Crippen molar-refractivity contribution in [1.82, 2.24) is 10.2 Å². The van der Waals surface area contributed by atoms with Crippen LogP contribution in [0.15, 0.2) is 30.3 Å². The molecule has 1 aliphatic rings. The molecule has 1 aliphatic heterocycles. The topological polar surface area (TPSA) is 69.6 Å². The highest BCUT2D eigenvalue weighted by atomic mass is 16.3. The van der Waals surface area contributed by atoms with Crippen molar-refractivity contribution >= 4 is 11.8 Å². The summed E-state index contributed by atoms with van der Waals surface area (Å²) in [6.07, 6.45) is 2.19.